The summed E-state index contributed by atoms with van der Waals surface area (Å²) in [7, 11) is 0. The summed E-state index contributed by atoms with van der Waals surface area (Å²) < 4.78 is 7.79. The summed E-state index contributed by atoms with van der Waals surface area (Å²) in [5, 5.41) is 0.715. The van der Waals surface area contributed by atoms with E-state index >= 15 is 0 Å². The first-order valence-electron chi connectivity index (χ1n) is 5.97. The molecule has 4 aromatic rings. The lowest BCUT2D eigenvalue weighted by Gasteiger charge is -1.93. The van der Waals surface area contributed by atoms with Crippen molar-refractivity contribution in [2.24, 2.45) is 4.99 Å². The summed E-state index contributed by atoms with van der Waals surface area (Å²) in [4.78, 5) is 6.51. The number of hydrogen-bond donors (Lipinski definition) is 0. The molecule has 0 aliphatic rings. The van der Waals surface area contributed by atoms with Crippen molar-refractivity contribution < 1.29 is 0 Å². The predicted molar refractivity (Wildman–Crippen MR) is 85.1 cm³/mol. The van der Waals surface area contributed by atoms with E-state index in [0.717, 1.165) is 21.0 Å². The van der Waals surface area contributed by atoms with Crippen LogP contribution in [-0.4, -0.2) is 8.77 Å². The molecule has 2 aromatic carbocycles. The summed E-state index contributed by atoms with van der Waals surface area (Å²) in [5.41, 5.74) is 2.02. The average Bonchev–Trinajstić information content (AvgIpc) is 3.01. The smallest absolute Gasteiger partial charge is 0.215 e. The average molecular weight is 318 g/mol. The fourth-order valence-electron chi connectivity index (χ4n) is 2.04. The van der Waals surface area contributed by atoms with Gasteiger partial charge in [-0.2, -0.15) is 4.37 Å². The van der Waals surface area contributed by atoms with Gasteiger partial charge in [-0.05, 0) is 36.4 Å². The summed E-state index contributed by atoms with van der Waals surface area (Å²) in [6, 6.07) is 15.8. The molecule has 0 unspecified atom stereocenters. The number of fused-ring (bicyclic) bond motifs is 3. The molecule has 0 radical (unpaired) electrons. The molecule has 0 amide bonds. The highest BCUT2D eigenvalue weighted by atomic mass is 35.5. The van der Waals surface area contributed by atoms with E-state index in [2.05, 4.69) is 25.9 Å². The monoisotopic (exact) mass is 317 g/mol. The summed E-state index contributed by atoms with van der Waals surface area (Å²) in [5.74, 6) is 0. The van der Waals surface area contributed by atoms with Crippen LogP contribution in [0.3, 0.4) is 0 Å². The van der Waals surface area contributed by atoms with Crippen LogP contribution in [0.4, 0.5) is 5.69 Å². The van der Waals surface area contributed by atoms with Crippen molar-refractivity contribution in [3.05, 3.63) is 58.4 Å². The van der Waals surface area contributed by atoms with Crippen molar-refractivity contribution in [3.8, 4) is 0 Å². The SMILES string of the molecule is Clc1ccc(N=c2snc3sc4ccccc4n23)cc1. The van der Waals surface area contributed by atoms with Crippen molar-refractivity contribution in [1.82, 2.24) is 8.77 Å². The van der Waals surface area contributed by atoms with Crippen molar-refractivity contribution in [1.29, 1.82) is 0 Å². The number of aromatic nitrogens is 2. The minimum Gasteiger partial charge on any atom is -0.258 e. The Labute approximate surface area is 127 Å². The predicted octanol–water partition coefficient (Wildman–Crippen LogP) is 4.50. The first kappa shape index (κ1) is 12.1. The Bertz CT molecular complexity index is 963. The molecule has 0 aliphatic heterocycles. The van der Waals surface area contributed by atoms with Gasteiger partial charge in [0.05, 0.1) is 15.9 Å². The second kappa shape index (κ2) is 4.70. The minimum atomic E-state index is 0.715. The third-order valence-corrected chi connectivity index (χ3v) is 5.04. The third kappa shape index (κ3) is 1.95. The van der Waals surface area contributed by atoms with Crippen molar-refractivity contribution in [2.75, 3.05) is 0 Å². The largest absolute Gasteiger partial charge is 0.258 e. The molecule has 0 saturated heterocycles. The van der Waals surface area contributed by atoms with Gasteiger partial charge in [-0.1, -0.05) is 35.1 Å². The third-order valence-electron chi connectivity index (χ3n) is 2.95. The van der Waals surface area contributed by atoms with Gasteiger partial charge in [-0.25, -0.2) is 4.99 Å². The second-order valence-corrected chi connectivity index (χ2v) is 6.42. The van der Waals surface area contributed by atoms with Crippen LogP contribution in [0, 0.1) is 0 Å². The Morgan fingerprint density at radius 1 is 1.05 bits per heavy atom. The molecule has 0 N–H and O–H groups in total. The highest BCUT2D eigenvalue weighted by Gasteiger charge is 2.07. The lowest BCUT2D eigenvalue weighted by atomic mass is 10.3. The molecular formula is C14H8ClN3S2. The quantitative estimate of drug-likeness (QED) is 0.508. The number of para-hydroxylation sites is 1. The molecular weight excluding hydrogens is 310 g/mol. The topological polar surface area (TPSA) is 29.7 Å². The Morgan fingerprint density at radius 2 is 1.85 bits per heavy atom. The summed E-state index contributed by atoms with van der Waals surface area (Å²) in [6.45, 7) is 0. The van der Waals surface area contributed by atoms with E-state index in [0.29, 0.717) is 5.02 Å². The maximum Gasteiger partial charge on any atom is 0.215 e. The van der Waals surface area contributed by atoms with Crippen LogP contribution in [0.2, 0.25) is 5.02 Å². The summed E-state index contributed by atoms with van der Waals surface area (Å²) in [6.07, 6.45) is 0. The molecule has 20 heavy (non-hydrogen) atoms. The zero-order valence-electron chi connectivity index (χ0n) is 10.2. The van der Waals surface area contributed by atoms with E-state index in [4.69, 9.17) is 11.6 Å². The van der Waals surface area contributed by atoms with Crippen molar-refractivity contribution >= 4 is 55.3 Å². The number of hydrogen-bond acceptors (Lipinski definition) is 4. The lowest BCUT2D eigenvalue weighted by Crippen LogP contribution is -2.04. The van der Waals surface area contributed by atoms with Crippen molar-refractivity contribution in [2.45, 2.75) is 0 Å². The van der Waals surface area contributed by atoms with E-state index in [1.54, 1.807) is 11.3 Å². The zero-order valence-corrected chi connectivity index (χ0v) is 12.5. The lowest BCUT2D eigenvalue weighted by molar-refractivity contribution is 1.16. The standard InChI is InChI=1S/C14H8ClN3S2/c15-9-5-7-10(8-6-9)16-13-18-11-3-1-2-4-12(11)19-14(18)17-20-13/h1-8H. The molecule has 0 fully saturated rings. The highest BCUT2D eigenvalue weighted by Crippen LogP contribution is 2.24. The fraction of sp³-hybridized carbons (Fsp3) is 0. The number of nitrogens with zero attached hydrogens (tertiary/aromatic N) is 3. The molecule has 3 nitrogen and oxygen atoms in total. The minimum absolute atomic E-state index is 0.715. The molecule has 2 aromatic heterocycles. The van der Waals surface area contributed by atoms with Crippen LogP contribution < -0.4 is 4.80 Å². The van der Waals surface area contributed by atoms with Crippen LogP contribution in [0.1, 0.15) is 0 Å². The molecule has 0 aliphatic carbocycles. The van der Waals surface area contributed by atoms with Crippen LogP contribution in [0.25, 0.3) is 15.2 Å². The van der Waals surface area contributed by atoms with E-state index in [-0.39, 0.29) is 0 Å². The van der Waals surface area contributed by atoms with Gasteiger partial charge in [0.15, 0.2) is 0 Å². The van der Waals surface area contributed by atoms with Gasteiger partial charge in [0.1, 0.15) is 0 Å². The van der Waals surface area contributed by atoms with E-state index in [1.807, 2.05) is 36.4 Å². The molecule has 2 heterocycles. The van der Waals surface area contributed by atoms with Crippen LogP contribution in [-0.2, 0) is 0 Å². The van der Waals surface area contributed by atoms with Gasteiger partial charge in [-0.15, -0.1) is 0 Å². The number of halogens is 1. The van der Waals surface area contributed by atoms with Crippen LogP contribution in [0.15, 0.2) is 53.5 Å². The number of thiazole rings is 1. The number of rotatable bonds is 1. The first-order chi connectivity index (χ1) is 9.81. The van der Waals surface area contributed by atoms with Crippen LogP contribution >= 0.6 is 34.5 Å². The van der Waals surface area contributed by atoms with Gasteiger partial charge in [0.25, 0.3) is 0 Å². The highest BCUT2D eigenvalue weighted by molar-refractivity contribution is 7.24. The Kier molecular flexibility index (Phi) is 2.84. The molecule has 4 rings (SSSR count). The van der Waals surface area contributed by atoms with Gasteiger partial charge in [-0.3, -0.25) is 4.40 Å². The molecule has 0 spiro atoms. The van der Waals surface area contributed by atoms with Gasteiger partial charge >= 0.3 is 0 Å². The zero-order chi connectivity index (χ0) is 13.5. The van der Waals surface area contributed by atoms with E-state index in [1.165, 1.54) is 16.2 Å². The molecule has 98 valence electrons. The van der Waals surface area contributed by atoms with Gasteiger partial charge in [0, 0.05) is 16.6 Å². The Morgan fingerprint density at radius 3 is 2.70 bits per heavy atom. The normalized spacial score (nSPS) is 12.6. The van der Waals surface area contributed by atoms with E-state index in [9.17, 15) is 0 Å². The Hall–Kier alpha value is -1.69. The first-order valence-corrected chi connectivity index (χ1v) is 7.94. The fourth-order valence-corrected chi connectivity index (χ4v) is 4.02. The van der Waals surface area contributed by atoms with Crippen molar-refractivity contribution in [3.63, 3.8) is 0 Å². The molecule has 6 heteroatoms. The Balaban J connectivity index is 2.02. The van der Waals surface area contributed by atoms with Gasteiger partial charge < -0.3 is 0 Å². The maximum absolute atomic E-state index is 5.89. The summed E-state index contributed by atoms with van der Waals surface area (Å²) >= 11 is 8.98. The van der Waals surface area contributed by atoms with Gasteiger partial charge in [0.2, 0.25) is 9.76 Å². The van der Waals surface area contributed by atoms with E-state index < -0.39 is 0 Å². The molecule has 0 atom stereocenters. The molecule has 0 bridgehead atoms. The maximum atomic E-state index is 5.89. The van der Waals surface area contributed by atoms with Crippen LogP contribution in [0.5, 0.6) is 0 Å². The number of benzene rings is 2. The molecule has 0 saturated carbocycles. The second-order valence-electron chi connectivity index (χ2n) is 4.24.